The molecule has 0 heterocycles. The van der Waals surface area contributed by atoms with Gasteiger partial charge in [-0.1, -0.05) is 11.8 Å². The molecule has 0 rings (SSSR count). The number of carbonyl (C=O) groups is 2. The maximum absolute atomic E-state index is 11.8. The first kappa shape index (κ1) is 16.9. The van der Waals surface area contributed by atoms with E-state index in [9.17, 15) is 35.9 Å². The van der Waals surface area contributed by atoms with E-state index in [1.807, 2.05) is 0 Å². The summed E-state index contributed by atoms with van der Waals surface area (Å²) in [4.78, 5) is 20.9. The van der Waals surface area contributed by atoms with Gasteiger partial charge >= 0.3 is 23.6 Å². The predicted molar refractivity (Wildman–Crippen MR) is 48.8 cm³/mol. The molecule has 4 nitrogen and oxygen atoms in total. The van der Waals surface area contributed by atoms with E-state index in [1.54, 1.807) is 0 Å². The van der Waals surface area contributed by atoms with Gasteiger partial charge in [-0.25, -0.2) is 4.79 Å². The molecule has 1 amide bonds. The molecule has 0 aliphatic rings. The summed E-state index contributed by atoms with van der Waals surface area (Å²) >= 11 is -0.582. The summed E-state index contributed by atoms with van der Waals surface area (Å²) in [5.41, 5.74) is -4.61. The molecule has 0 spiro atoms. The van der Waals surface area contributed by atoms with Gasteiger partial charge in [-0.15, -0.1) is 0 Å². The molecule has 2 N–H and O–H groups in total. The van der Waals surface area contributed by atoms with Gasteiger partial charge in [-0.3, -0.25) is 4.79 Å². The number of carboxylic acid groups (broad SMARTS) is 1. The van der Waals surface area contributed by atoms with Crippen molar-refractivity contribution in [3.05, 3.63) is 0 Å². The van der Waals surface area contributed by atoms with Crippen molar-refractivity contribution in [3.8, 4) is 0 Å². The van der Waals surface area contributed by atoms with Gasteiger partial charge in [-0.05, 0) is 6.42 Å². The van der Waals surface area contributed by atoms with Crippen LogP contribution in [0.25, 0.3) is 0 Å². The van der Waals surface area contributed by atoms with Crippen LogP contribution in [0, 0.1) is 0 Å². The Kier molecular flexibility index (Phi) is 5.77. The molecule has 0 aromatic carbocycles. The Balaban J connectivity index is 4.34. The first-order valence-electron chi connectivity index (χ1n) is 4.24. The maximum Gasteiger partial charge on any atom is 0.471 e. The van der Waals surface area contributed by atoms with Crippen LogP contribution in [0.15, 0.2) is 0 Å². The minimum absolute atomic E-state index is 0.582. The molecule has 106 valence electrons. The third kappa shape index (κ3) is 7.25. The first-order chi connectivity index (χ1) is 7.93. The average molecular weight is 299 g/mol. The monoisotopic (exact) mass is 299 g/mol. The summed E-state index contributed by atoms with van der Waals surface area (Å²) in [6, 6.07) is -2.02. The average Bonchev–Trinajstić information content (AvgIpc) is 2.12. The Hall–Kier alpha value is -1.13. The Labute approximate surface area is 101 Å². The zero-order valence-electron chi connectivity index (χ0n) is 8.43. The molecule has 0 fully saturated rings. The van der Waals surface area contributed by atoms with Crippen molar-refractivity contribution in [1.82, 2.24) is 5.32 Å². The van der Waals surface area contributed by atoms with Gasteiger partial charge in [0.15, 0.2) is 0 Å². The standard InChI is InChI=1S/C7H7F6NO3S/c8-6(9,10)5(17)14-3(4(15)16)1-2-18-7(11,12)13/h3H,1-2H2,(H,14,17)(H,15,16). The molecular weight excluding hydrogens is 292 g/mol. The number of rotatable bonds is 5. The number of amides is 1. The molecule has 0 radical (unpaired) electrons. The lowest BCUT2D eigenvalue weighted by Crippen LogP contribution is -2.47. The topological polar surface area (TPSA) is 66.4 Å². The van der Waals surface area contributed by atoms with Gasteiger partial charge in [0.05, 0.1) is 0 Å². The van der Waals surface area contributed by atoms with Crippen LogP contribution in [-0.2, 0) is 9.59 Å². The molecule has 1 atom stereocenters. The zero-order chi connectivity index (χ0) is 14.6. The molecule has 11 heteroatoms. The quantitative estimate of drug-likeness (QED) is 0.759. The van der Waals surface area contributed by atoms with E-state index in [-0.39, 0.29) is 0 Å². The van der Waals surface area contributed by atoms with Crippen molar-refractivity contribution in [2.75, 3.05) is 5.75 Å². The molecule has 1 unspecified atom stereocenters. The third-order valence-electron chi connectivity index (χ3n) is 1.53. The zero-order valence-corrected chi connectivity index (χ0v) is 9.25. The van der Waals surface area contributed by atoms with Crippen LogP contribution in [0.5, 0.6) is 0 Å². The number of hydrogen-bond acceptors (Lipinski definition) is 3. The van der Waals surface area contributed by atoms with Gasteiger partial charge in [0.2, 0.25) is 0 Å². The fraction of sp³-hybridized carbons (Fsp3) is 0.714. The van der Waals surface area contributed by atoms with E-state index >= 15 is 0 Å². The SMILES string of the molecule is O=C(O)C(CCSC(F)(F)F)NC(=O)C(F)(F)F. The van der Waals surface area contributed by atoms with Gasteiger partial charge < -0.3 is 10.4 Å². The number of thioether (sulfide) groups is 1. The Morgan fingerprint density at radius 2 is 1.67 bits per heavy atom. The highest BCUT2D eigenvalue weighted by atomic mass is 32.2. The van der Waals surface area contributed by atoms with E-state index in [2.05, 4.69) is 0 Å². The van der Waals surface area contributed by atoms with E-state index in [0.29, 0.717) is 0 Å². The molecule has 0 saturated carbocycles. The molecule has 0 bridgehead atoms. The Bertz CT molecular complexity index is 315. The van der Waals surface area contributed by atoms with Crippen molar-refractivity contribution in [3.63, 3.8) is 0 Å². The highest BCUT2D eigenvalue weighted by Crippen LogP contribution is 2.30. The lowest BCUT2D eigenvalue weighted by molar-refractivity contribution is -0.175. The van der Waals surface area contributed by atoms with Crippen molar-refractivity contribution in [2.45, 2.75) is 24.1 Å². The van der Waals surface area contributed by atoms with Gasteiger partial charge in [0.25, 0.3) is 0 Å². The fourth-order valence-electron chi connectivity index (χ4n) is 0.790. The van der Waals surface area contributed by atoms with E-state index < -0.39 is 53.5 Å². The predicted octanol–water partition coefficient (Wildman–Crippen LogP) is 1.76. The summed E-state index contributed by atoms with van der Waals surface area (Å²) in [7, 11) is 0. The number of alkyl halides is 6. The van der Waals surface area contributed by atoms with Crippen molar-refractivity contribution in [1.29, 1.82) is 0 Å². The summed E-state index contributed by atoms with van der Waals surface area (Å²) in [5.74, 6) is -5.12. The van der Waals surface area contributed by atoms with Gasteiger partial charge in [0.1, 0.15) is 6.04 Å². The van der Waals surface area contributed by atoms with E-state index in [1.165, 1.54) is 0 Å². The third-order valence-corrected chi connectivity index (χ3v) is 2.30. The van der Waals surface area contributed by atoms with Crippen LogP contribution < -0.4 is 5.32 Å². The lowest BCUT2D eigenvalue weighted by atomic mass is 10.2. The van der Waals surface area contributed by atoms with Crippen molar-refractivity contribution in [2.24, 2.45) is 0 Å². The number of aliphatic carboxylic acids is 1. The van der Waals surface area contributed by atoms with Crippen LogP contribution in [0.1, 0.15) is 6.42 Å². The number of carbonyl (C=O) groups excluding carboxylic acids is 1. The van der Waals surface area contributed by atoms with Crippen LogP contribution in [-0.4, -0.2) is 40.5 Å². The highest BCUT2D eigenvalue weighted by Gasteiger charge is 2.41. The largest absolute Gasteiger partial charge is 0.480 e. The summed E-state index contributed by atoms with van der Waals surface area (Å²) in [6.07, 6.45) is -6.06. The van der Waals surface area contributed by atoms with Crippen LogP contribution in [0.4, 0.5) is 26.3 Å². The lowest BCUT2D eigenvalue weighted by Gasteiger charge is -2.15. The maximum atomic E-state index is 11.8. The van der Waals surface area contributed by atoms with E-state index in [0.717, 1.165) is 5.32 Å². The molecule has 0 aromatic rings. The number of nitrogens with one attached hydrogen (secondary N) is 1. The Morgan fingerprint density at radius 3 is 2.00 bits per heavy atom. The molecular formula is C7H7F6NO3S. The minimum Gasteiger partial charge on any atom is -0.480 e. The molecule has 0 aliphatic heterocycles. The van der Waals surface area contributed by atoms with Crippen LogP contribution >= 0.6 is 11.8 Å². The van der Waals surface area contributed by atoms with Gasteiger partial charge in [0, 0.05) is 5.75 Å². The second-order valence-corrected chi connectivity index (χ2v) is 4.10. The molecule has 0 aliphatic carbocycles. The number of carboxylic acids is 1. The van der Waals surface area contributed by atoms with E-state index in [4.69, 9.17) is 5.11 Å². The fourth-order valence-corrected chi connectivity index (χ4v) is 1.37. The van der Waals surface area contributed by atoms with Crippen molar-refractivity contribution < 1.29 is 41.0 Å². The molecule has 18 heavy (non-hydrogen) atoms. The summed E-state index contributed by atoms with van der Waals surface area (Å²) in [5, 5.41) is 9.54. The Morgan fingerprint density at radius 1 is 1.17 bits per heavy atom. The summed E-state index contributed by atoms with van der Waals surface area (Å²) < 4.78 is 70.5. The molecule has 0 aromatic heterocycles. The van der Waals surface area contributed by atoms with Gasteiger partial charge in [-0.2, -0.15) is 26.3 Å². The normalized spacial score (nSPS) is 14.1. The first-order valence-corrected chi connectivity index (χ1v) is 5.23. The summed E-state index contributed by atoms with van der Waals surface area (Å²) in [6.45, 7) is 0. The smallest absolute Gasteiger partial charge is 0.471 e. The second kappa shape index (κ2) is 6.16. The highest BCUT2D eigenvalue weighted by molar-refractivity contribution is 8.00. The molecule has 0 saturated heterocycles. The minimum atomic E-state index is -5.29. The number of hydrogen-bond donors (Lipinski definition) is 2. The van der Waals surface area contributed by atoms with Crippen LogP contribution in [0.3, 0.4) is 0 Å². The second-order valence-electron chi connectivity index (χ2n) is 2.94. The van der Waals surface area contributed by atoms with Crippen molar-refractivity contribution >= 4 is 23.6 Å². The number of halogens is 6. The van der Waals surface area contributed by atoms with Crippen LogP contribution in [0.2, 0.25) is 0 Å².